The van der Waals surface area contributed by atoms with E-state index >= 15 is 0 Å². The Bertz CT molecular complexity index is 428. The van der Waals surface area contributed by atoms with Crippen LogP contribution in [0.25, 0.3) is 0 Å². The van der Waals surface area contributed by atoms with Gasteiger partial charge in [-0.15, -0.1) is 0 Å². The Hall–Kier alpha value is -0.0700. The van der Waals surface area contributed by atoms with Crippen LogP contribution in [0, 0.1) is 0 Å². The Morgan fingerprint density at radius 1 is 1.11 bits per heavy atom. The van der Waals surface area contributed by atoms with E-state index in [-0.39, 0.29) is 34.5 Å². The predicted octanol–water partition coefficient (Wildman–Crippen LogP) is -0.446. The maximum atomic E-state index is 10.7. The molecule has 1 rings (SSSR count). The first kappa shape index (κ1) is 17.9. The van der Waals surface area contributed by atoms with Crippen LogP contribution < -0.4 is 34.3 Å². The van der Waals surface area contributed by atoms with Gasteiger partial charge < -0.3 is 9.29 Å². The monoisotopic (exact) mass is 280 g/mol. The summed E-state index contributed by atoms with van der Waals surface area (Å²) >= 11 is 0. The number of benzene rings is 1. The zero-order valence-corrected chi connectivity index (χ0v) is 13.7. The summed E-state index contributed by atoms with van der Waals surface area (Å²) in [4.78, 5) is -0.226. The molecule has 0 spiro atoms. The zero-order valence-electron chi connectivity index (χ0n) is 10.9. The zero-order chi connectivity index (χ0) is 12.7. The molecular weight excluding hydrogens is 263 g/mol. The van der Waals surface area contributed by atoms with E-state index in [2.05, 4.69) is 6.92 Å². The van der Waals surface area contributed by atoms with Crippen molar-refractivity contribution in [3.8, 4) is 5.75 Å². The molecule has 0 bridgehead atoms. The average molecular weight is 280 g/mol. The van der Waals surface area contributed by atoms with Gasteiger partial charge in [0.25, 0.3) is 0 Å². The van der Waals surface area contributed by atoms with Crippen LogP contribution in [0.1, 0.15) is 32.6 Å². The minimum absolute atomic E-state index is 0. The van der Waals surface area contributed by atoms with Gasteiger partial charge in [-0.1, -0.05) is 26.2 Å². The van der Waals surface area contributed by atoms with Gasteiger partial charge in [0.2, 0.25) is 0 Å². The minimum atomic E-state index is -4.36. The maximum Gasteiger partial charge on any atom is 1.00 e. The quantitative estimate of drug-likeness (QED) is 0.385. The van der Waals surface area contributed by atoms with Gasteiger partial charge in [-0.2, -0.15) is 0 Å². The molecule has 18 heavy (non-hydrogen) atoms. The van der Waals surface area contributed by atoms with Crippen molar-refractivity contribution in [3.63, 3.8) is 0 Å². The van der Waals surface area contributed by atoms with Crippen LogP contribution in [0.3, 0.4) is 0 Å². The summed E-state index contributed by atoms with van der Waals surface area (Å²) in [6.07, 6.45) is 4.48. The van der Waals surface area contributed by atoms with Gasteiger partial charge in [-0.25, -0.2) is 8.42 Å². The summed E-state index contributed by atoms with van der Waals surface area (Å²) in [7, 11) is -4.36. The number of unbranched alkanes of at least 4 members (excludes halogenated alkanes) is 3. The molecule has 0 aliphatic rings. The van der Waals surface area contributed by atoms with E-state index in [4.69, 9.17) is 4.74 Å². The van der Waals surface area contributed by atoms with E-state index in [1.54, 1.807) is 0 Å². The number of hydrogen-bond donors (Lipinski definition) is 0. The second-order valence-corrected chi connectivity index (χ2v) is 5.21. The van der Waals surface area contributed by atoms with Crippen molar-refractivity contribution in [2.45, 2.75) is 37.5 Å². The molecule has 0 radical (unpaired) electrons. The summed E-state index contributed by atoms with van der Waals surface area (Å²) in [5.41, 5.74) is 0. The molecule has 0 atom stereocenters. The van der Waals surface area contributed by atoms with Gasteiger partial charge in [0.15, 0.2) is 0 Å². The van der Waals surface area contributed by atoms with Gasteiger partial charge >= 0.3 is 29.6 Å². The van der Waals surface area contributed by atoms with Crippen LogP contribution in [-0.4, -0.2) is 19.6 Å². The third kappa shape index (κ3) is 6.75. The summed E-state index contributed by atoms with van der Waals surface area (Å²) in [5.74, 6) is 0.592. The fourth-order valence-corrected chi connectivity index (χ4v) is 1.89. The molecule has 0 N–H and O–H groups in total. The van der Waals surface area contributed by atoms with E-state index in [1.165, 1.54) is 37.1 Å². The Morgan fingerprint density at radius 2 is 1.72 bits per heavy atom. The second kappa shape index (κ2) is 8.93. The third-order valence-electron chi connectivity index (χ3n) is 2.38. The Kier molecular flexibility index (Phi) is 8.90. The largest absolute Gasteiger partial charge is 1.00 e. The van der Waals surface area contributed by atoms with Crippen LogP contribution in [-0.2, 0) is 10.1 Å². The van der Waals surface area contributed by atoms with Crippen molar-refractivity contribution in [1.29, 1.82) is 0 Å². The molecule has 1 aromatic carbocycles. The summed E-state index contributed by atoms with van der Waals surface area (Å²) in [6.45, 7) is 2.76. The van der Waals surface area contributed by atoms with Crippen LogP contribution in [0.2, 0.25) is 0 Å². The van der Waals surface area contributed by atoms with Crippen LogP contribution >= 0.6 is 0 Å². The number of hydrogen-bond acceptors (Lipinski definition) is 4. The van der Waals surface area contributed by atoms with Crippen LogP contribution in [0.4, 0.5) is 0 Å². The van der Waals surface area contributed by atoms with E-state index < -0.39 is 10.1 Å². The average Bonchev–Trinajstić information content (AvgIpc) is 2.28. The Labute approximate surface area is 131 Å². The molecular formula is C12H17NaO4S. The second-order valence-electron chi connectivity index (χ2n) is 3.83. The first-order valence-corrected chi connectivity index (χ1v) is 7.13. The molecule has 0 amide bonds. The van der Waals surface area contributed by atoms with E-state index in [9.17, 15) is 13.0 Å². The molecule has 0 aliphatic carbocycles. The first-order valence-electron chi connectivity index (χ1n) is 5.73. The van der Waals surface area contributed by atoms with Gasteiger partial charge in [0, 0.05) is 0 Å². The number of ether oxygens (including phenoxy) is 1. The normalized spacial score (nSPS) is 10.8. The topological polar surface area (TPSA) is 66.4 Å². The fraction of sp³-hybridized carbons (Fsp3) is 0.500. The first-order chi connectivity index (χ1) is 8.04. The molecule has 0 aliphatic heterocycles. The Morgan fingerprint density at radius 3 is 2.22 bits per heavy atom. The minimum Gasteiger partial charge on any atom is -0.744 e. The van der Waals surface area contributed by atoms with E-state index in [0.717, 1.165) is 12.8 Å². The molecule has 0 aromatic heterocycles. The van der Waals surface area contributed by atoms with Gasteiger partial charge in [0.05, 0.1) is 11.5 Å². The Balaban J connectivity index is 0.00000289. The summed E-state index contributed by atoms with van der Waals surface area (Å²) < 4.78 is 37.5. The van der Waals surface area contributed by atoms with Crippen molar-refractivity contribution in [2.24, 2.45) is 0 Å². The van der Waals surface area contributed by atoms with Crippen LogP contribution in [0.5, 0.6) is 5.75 Å². The van der Waals surface area contributed by atoms with Gasteiger partial charge in [-0.3, -0.25) is 0 Å². The van der Waals surface area contributed by atoms with Crippen molar-refractivity contribution in [3.05, 3.63) is 24.3 Å². The van der Waals surface area contributed by atoms with Gasteiger partial charge in [-0.05, 0) is 30.7 Å². The molecule has 96 valence electrons. The maximum absolute atomic E-state index is 10.7. The molecule has 1 aromatic rings. The van der Waals surface area contributed by atoms with Crippen molar-refractivity contribution >= 4 is 10.1 Å². The van der Waals surface area contributed by atoms with E-state index in [1.807, 2.05) is 0 Å². The van der Waals surface area contributed by atoms with Crippen molar-refractivity contribution < 1.29 is 47.3 Å². The molecule has 6 heteroatoms. The molecule has 0 saturated heterocycles. The molecule has 0 heterocycles. The smallest absolute Gasteiger partial charge is 0.744 e. The van der Waals surface area contributed by atoms with Crippen molar-refractivity contribution in [1.82, 2.24) is 0 Å². The fourth-order valence-electron chi connectivity index (χ4n) is 1.42. The standard InChI is InChI=1S/C12H18O4S.Na/c1-2-3-4-5-10-16-11-6-8-12(9-7-11)17(13,14)15;/h6-9H,2-5,10H2,1H3,(H,13,14,15);/q;+1/p-1. The number of rotatable bonds is 7. The molecule has 0 fully saturated rings. The van der Waals surface area contributed by atoms with Crippen molar-refractivity contribution in [2.75, 3.05) is 6.61 Å². The summed E-state index contributed by atoms with van der Waals surface area (Å²) in [5, 5.41) is 0. The summed E-state index contributed by atoms with van der Waals surface area (Å²) in [6, 6.07) is 5.54. The molecule has 0 saturated carbocycles. The third-order valence-corrected chi connectivity index (χ3v) is 3.23. The SMILES string of the molecule is CCCCCCOc1ccc(S(=O)(=O)[O-])cc1.[Na+]. The predicted molar refractivity (Wildman–Crippen MR) is 64.0 cm³/mol. The molecule has 4 nitrogen and oxygen atoms in total. The van der Waals surface area contributed by atoms with Crippen LogP contribution in [0.15, 0.2) is 29.2 Å². The van der Waals surface area contributed by atoms with Gasteiger partial charge in [0.1, 0.15) is 15.9 Å². The van der Waals surface area contributed by atoms with E-state index in [0.29, 0.717) is 12.4 Å². The molecule has 0 unspecified atom stereocenters.